The highest BCUT2D eigenvalue weighted by Crippen LogP contribution is 2.25. The van der Waals surface area contributed by atoms with Crippen LogP contribution in [-0.2, 0) is 10.2 Å². The first kappa shape index (κ1) is 16.5. The van der Waals surface area contributed by atoms with Gasteiger partial charge in [-0.25, -0.2) is 0 Å². The molecule has 0 aliphatic rings. The number of hydrogen-bond donors (Lipinski definition) is 2. The standard InChI is InChI=1S/C16H25NO3/c1-5-17-14(15(18)19)9-10-20-13-8-6-7-12(11-13)16(2,3)4/h6-8,11,14,17H,5,9-10H2,1-4H3,(H,18,19). The summed E-state index contributed by atoms with van der Waals surface area (Å²) in [4.78, 5) is 11.0. The lowest BCUT2D eigenvalue weighted by Gasteiger charge is -2.20. The minimum atomic E-state index is -0.834. The average molecular weight is 279 g/mol. The molecular weight excluding hydrogens is 254 g/mol. The van der Waals surface area contributed by atoms with Crippen LogP contribution in [-0.4, -0.2) is 30.3 Å². The molecule has 2 N–H and O–H groups in total. The van der Waals surface area contributed by atoms with E-state index in [1.807, 2.05) is 25.1 Å². The van der Waals surface area contributed by atoms with Gasteiger partial charge in [-0.1, -0.05) is 39.8 Å². The van der Waals surface area contributed by atoms with Gasteiger partial charge in [0.05, 0.1) is 6.61 Å². The van der Waals surface area contributed by atoms with Crippen LogP contribution in [0.3, 0.4) is 0 Å². The average Bonchev–Trinajstić information content (AvgIpc) is 2.37. The molecule has 0 fully saturated rings. The zero-order valence-electron chi connectivity index (χ0n) is 12.8. The molecule has 1 atom stereocenters. The van der Waals surface area contributed by atoms with E-state index in [0.29, 0.717) is 19.6 Å². The molecule has 0 saturated heterocycles. The van der Waals surface area contributed by atoms with Crippen LogP contribution in [0.4, 0.5) is 0 Å². The molecular formula is C16H25NO3. The van der Waals surface area contributed by atoms with Crippen molar-refractivity contribution >= 4 is 5.97 Å². The number of rotatable bonds is 7. The number of carboxylic acids is 1. The van der Waals surface area contributed by atoms with Crippen LogP contribution >= 0.6 is 0 Å². The third kappa shape index (κ3) is 5.21. The molecule has 0 aliphatic carbocycles. The molecule has 0 aliphatic heterocycles. The maximum Gasteiger partial charge on any atom is 0.320 e. The SMILES string of the molecule is CCNC(CCOc1cccc(C(C)(C)C)c1)C(=O)O. The maximum atomic E-state index is 11.0. The molecule has 0 amide bonds. The summed E-state index contributed by atoms with van der Waals surface area (Å²) in [5.74, 6) is -0.0445. The number of nitrogens with one attached hydrogen (secondary N) is 1. The van der Waals surface area contributed by atoms with Crippen LogP contribution in [0.15, 0.2) is 24.3 Å². The van der Waals surface area contributed by atoms with Gasteiger partial charge in [-0.05, 0) is 29.7 Å². The highest BCUT2D eigenvalue weighted by atomic mass is 16.5. The van der Waals surface area contributed by atoms with Gasteiger partial charge in [0.1, 0.15) is 11.8 Å². The minimum Gasteiger partial charge on any atom is -0.494 e. The Morgan fingerprint density at radius 1 is 1.40 bits per heavy atom. The van der Waals surface area contributed by atoms with Crippen LogP contribution in [0, 0.1) is 0 Å². The van der Waals surface area contributed by atoms with Crippen molar-refractivity contribution in [3.05, 3.63) is 29.8 Å². The third-order valence-corrected chi connectivity index (χ3v) is 3.12. The molecule has 0 saturated carbocycles. The topological polar surface area (TPSA) is 58.6 Å². The minimum absolute atomic E-state index is 0.0761. The van der Waals surface area contributed by atoms with Crippen molar-refractivity contribution in [3.63, 3.8) is 0 Å². The number of carboxylic acid groups (broad SMARTS) is 1. The van der Waals surface area contributed by atoms with E-state index >= 15 is 0 Å². The molecule has 0 aromatic heterocycles. The van der Waals surface area contributed by atoms with Gasteiger partial charge >= 0.3 is 5.97 Å². The predicted molar refractivity (Wildman–Crippen MR) is 80.4 cm³/mol. The lowest BCUT2D eigenvalue weighted by atomic mass is 9.87. The van der Waals surface area contributed by atoms with Crippen molar-refractivity contribution in [2.45, 2.75) is 45.6 Å². The Kier molecular flexibility index (Phi) is 6.02. The van der Waals surface area contributed by atoms with Crippen molar-refractivity contribution in [2.24, 2.45) is 0 Å². The summed E-state index contributed by atoms with van der Waals surface area (Å²) >= 11 is 0. The first-order chi connectivity index (χ1) is 9.34. The van der Waals surface area contributed by atoms with Gasteiger partial charge in [0.2, 0.25) is 0 Å². The van der Waals surface area contributed by atoms with Gasteiger partial charge < -0.3 is 15.2 Å². The van der Waals surface area contributed by atoms with Crippen molar-refractivity contribution < 1.29 is 14.6 Å². The van der Waals surface area contributed by atoms with E-state index in [1.165, 1.54) is 5.56 Å². The second kappa shape index (κ2) is 7.29. The fourth-order valence-electron chi connectivity index (χ4n) is 1.91. The van der Waals surface area contributed by atoms with Crippen LogP contribution in [0.5, 0.6) is 5.75 Å². The van der Waals surface area contributed by atoms with Gasteiger partial charge in [0, 0.05) is 6.42 Å². The van der Waals surface area contributed by atoms with Gasteiger partial charge in [0.25, 0.3) is 0 Å². The summed E-state index contributed by atoms with van der Waals surface area (Å²) in [7, 11) is 0. The Morgan fingerprint density at radius 3 is 2.65 bits per heavy atom. The molecule has 4 heteroatoms. The van der Waals surface area contributed by atoms with E-state index in [9.17, 15) is 4.79 Å². The molecule has 112 valence electrons. The number of hydrogen-bond acceptors (Lipinski definition) is 3. The second-order valence-corrected chi connectivity index (χ2v) is 5.86. The lowest BCUT2D eigenvalue weighted by molar-refractivity contribution is -0.139. The highest BCUT2D eigenvalue weighted by Gasteiger charge is 2.16. The summed E-state index contributed by atoms with van der Waals surface area (Å²) < 4.78 is 5.67. The Hall–Kier alpha value is -1.55. The van der Waals surface area contributed by atoms with Crippen LogP contribution < -0.4 is 10.1 Å². The van der Waals surface area contributed by atoms with Crippen molar-refractivity contribution in [3.8, 4) is 5.75 Å². The fourth-order valence-corrected chi connectivity index (χ4v) is 1.91. The summed E-state index contributed by atoms with van der Waals surface area (Å²) in [5, 5.41) is 12.0. The quantitative estimate of drug-likeness (QED) is 0.806. The zero-order chi connectivity index (χ0) is 15.2. The van der Waals surface area contributed by atoms with Gasteiger partial charge in [-0.3, -0.25) is 4.79 Å². The van der Waals surface area contributed by atoms with E-state index in [1.54, 1.807) is 0 Å². The number of carbonyl (C=O) groups is 1. The van der Waals surface area contributed by atoms with Gasteiger partial charge in [-0.15, -0.1) is 0 Å². The number of aliphatic carboxylic acids is 1. The van der Waals surface area contributed by atoms with E-state index < -0.39 is 12.0 Å². The molecule has 0 radical (unpaired) electrons. The molecule has 0 spiro atoms. The first-order valence-corrected chi connectivity index (χ1v) is 7.04. The number of benzene rings is 1. The normalized spacial score (nSPS) is 13.0. The number of likely N-dealkylation sites (N-methyl/N-ethyl adjacent to an activating group) is 1. The van der Waals surface area contributed by atoms with E-state index in [0.717, 1.165) is 5.75 Å². The predicted octanol–water partition coefficient (Wildman–Crippen LogP) is 2.82. The van der Waals surface area contributed by atoms with E-state index in [2.05, 4.69) is 32.2 Å². The zero-order valence-corrected chi connectivity index (χ0v) is 12.8. The fraction of sp³-hybridized carbons (Fsp3) is 0.562. The summed E-state index contributed by atoms with van der Waals surface area (Å²) in [6.45, 7) is 9.37. The molecule has 1 aromatic carbocycles. The van der Waals surface area contributed by atoms with Gasteiger partial charge in [0.15, 0.2) is 0 Å². The van der Waals surface area contributed by atoms with E-state index in [-0.39, 0.29) is 5.41 Å². The van der Waals surface area contributed by atoms with Crippen molar-refractivity contribution in [1.29, 1.82) is 0 Å². The molecule has 0 bridgehead atoms. The maximum absolute atomic E-state index is 11.0. The number of ether oxygens (including phenoxy) is 1. The summed E-state index contributed by atoms with van der Waals surface area (Å²) in [5.41, 5.74) is 1.28. The summed E-state index contributed by atoms with van der Waals surface area (Å²) in [6, 6.07) is 7.41. The smallest absolute Gasteiger partial charge is 0.320 e. The Morgan fingerprint density at radius 2 is 2.10 bits per heavy atom. The largest absolute Gasteiger partial charge is 0.494 e. The monoisotopic (exact) mass is 279 g/mol. The van der Waals surface area contributed by atoms with Crippen molar-refractivity contribution in [2.75, 3.05) is 13.2 Å². The summed E-state index contributed by atoms with van der Waals surface area (Å²) in [6.07, 6.45) is 0.447. The molecule has 0 heterocycles. The van der Waals surface area contributed by atoms with Crippen LogP contribution in [0.25, 0.3) is 0 Å². The molecule has 1 aromatic rings. The Labute approximate surface area is 121 Å². The van der Waals surface area contributed by atoms with E-state index in [4.69, 9.17) is 9.84 Å². The first-order valence-electron chi connectivity index (χ1n) is 7.04. The van der Waals surface area contributed by atoms with Crippen molar-refractivity contribution in [1.82, 2.24) is 5.32 Å². The molecule has 1 rings (SSSR count). The third-order valence-electron chi connectivity index (χ3n) is 3.12. The van der Waals surface area contributed by atoms with Gasteiger partial charge in [-0.2, -0.15) is 0 Å². The highest BCUT2D eigenvalue weighted by molar-refractivity contribution is 5.73. The Bertz CT molecular complexity index is 438. The second-order valence-electron chi connectivity index (χ2n) is 5.86. The lowest BCUT2D eigenvalue weighted by Crippen LogP contribution is -2.37. The molecule has 20 heavy (non-hydrogen) atoms. The van der Waals surface area contributed by atoms with Crippen LogP contribution in [0.2, 0.25) is 0 Å². The molecule has 1 unspecified atom stereocenters. The molecule has 4 nitrogen and oxygen atoms in total. The van der Waals surface area contributed by atoms with Crippen LogP contribution in [0.1, 0.15) is 39.7 Å². The Balaban J connectivity index is 2.55.